The maximum absolute atomic E-state index is 5.54. The minimum Gasteiger partial charge on any atom is -0.441 e. The monoisotopic (exact) mass is 259 g/mol. The fourth-order valence-electron chi connectivity index (χ4n) is 1.92. The summed E-state index contributed by atoms with van der Waals surface area (Å²) in [6.45, 7) is 3.86. The van der Waals surface area contributed by atoms with Gasteiger partial charge in [0.15, 0.2) is 11.5 Å². The highest BCUT2D eigenvalue weighted by Gasteiger charge is 2.10. The smallest absolute Gasteiger partial charge is 0.192 e. The molecular formula is C13H13N3OS. The Labute approximate surface area is 109 Å². The Morgan fingerprint density at radius 2 is 2.06 bits per heavy atom. The van der Waals surface area contributed by atoms with Gasteiger partial charge in [0.25, 0.3) is 0 Å². The van der Waals surface area contributed by atoms with Crippen LogP contribution < -0.4 is 5.32 Å². The quantitative estimate of drug-likeness (QED) is 0.763. The number of anilines is 1. The molecule has 0 aliphatic heterocycles. The first-order valence-electron chi connectivity index (χ1n) is 5.70. The number of nitrogens with one attached hydrogen (secondary N) is 1. The Morgan fingerprint density at radius 3 is 2.78 bits per heavy atom. The largest absolute Gasteiger partial charge is 0.441 e. The van der Waals surface area contributed by atoms with Crippen molar-refractivity contribution in [1.82, 2.24) is 9.97 Å². The van der Waals surface area contributed by atoms with Crippen molar-refractivity contribution in [3.63, 3.8) is 0 Å². The number of aromatic nitrogens is 2. The SMILES string of the molecule is CNc1sc(-c2ccc3nc(C)oc3c2)nc1C. The van der Waals surface area contributed by atoms with E-state index in [1.54, 1.807) is 11.3 Å². The van der Waals surface area contributed by atoms with Crippen molar-refractivity contribution in [2.24, 2.45) is 0 Å². The molecule has 0 bridgehead atoms. The number of thiazole rings is 1. The summed E-state index contributed by atoms with van der Waals surface area (Å²) in [5.41, 5.74) is 3.78. The van der Waals surface area contributed by atoms with Crippen LogP contribution in [-0.4, -0.2) is 17.0 Å². The molecular weight excluding hydrogens is 246 g/mol. The molecule has 4 nitrogen and oxygen atoms in total. The molecule has 0 unspecified atom stereocenters. The number of rotatable bonds is 2. The zero-order valence-electron chi connectivity index (χ0n) is 10.4. The average molecular weight is 259 g/mol. The molecule has 5 heteroatoms. The van der Waals surface area contributed by atoms with Crippen LogP contribution in [0.1, 0.15) is 11.6 Å². The molecule has 0 saturated heterocycles. The summed E-state index contributed by atoms with van der Waals surface area (Å²) in [7, 11) is 1.91. The van der Waals surface area contributed by atoms with Crippen LogP contribution in [0.5, 0.6) is 0 Å². The molecule has 3 aromatic rings. The van der Waals surface area contributed by atoms with E-state index in [2.05, 4.69) is 15.3 Å². The van der Waals surface area contributed by atoms with E-state index < -0.39 is 0 Å². The van der Waals surface area contributed by atoms with Gasteiger partial charge in [-0.25, -0.2) is 9.97 Å². The second-order valence-corrected chi connectivity index (χ2v) is 5.10. The number of oxazole rings is 1. The van der Waals surface area contributed by atoms with E-state index in [0.29, 0.717) is 5.89 Å². The third-order valence-corrected chi connectivity index (χ3v) is 3.99. The highest BCUT2D eigenvalue weighted by molar-refractivity contribution is 7.19. The van der Waals surface area contributed by atoms with Crippen LogP contribution in [0, 0.1) is 13.8 Å². The van der Waals surface area contributed by atoms with E-state index in [0.717, 1.165) is 32.4 Å². The van der Waals surface area contributed by atoms with Crippen molar-refractivity contribution in [3.8, 4) is 10.6 Å². The van der Waals surface area contributed by atoms with Gasteiger partial charge in [0.1, 0.15) is 15.5 Å². The first kappa shape index (κ1) is 11.2. The van der Waals surface area contributed by atoms with Crippen LogP contribution in [0.3, 0.4) is 0 Å². The van der Waals surface area contributed by atoms with Crippen molar-refractivity contribution >= 4 is 27.4 Å². The summed E-state index contributed by atoms with van der Waals surface area (Å²) in [6.07, 6.45) is 0. The van der Waals surface area contributed by atoms with Crippen molar-refractivity contribution < 1.29 is 4.42 Å². The maximum atomic E-state index is 5.54. The van der Waals surface area contributed by atoms with Crippen LogP contribution in [0.2, 0.25) is 0 Å². The van der Waals surface area contributed by atoms with E-state index in [4.69, 9.17) is 4.42 Å². The molecule has 2 heterocycles. The van der Waals surface area contributed by atoms with Gasteiger partial charge >= 0.3 is 0 Å². The zero-order valence-corrected chi connectivity index (χ0v) is 11.3. The van der Waals surface area contributed by atoms with Crippen LogP contribution in [0.25, 0.3) is 21.7 Å². The van der Waals surface area contributed by atoms with Crippen LogP contribution in [0.4, 0.5) is 5.00 Å². The molecule has 0 spiro atoms. The Bertz CT molecular complexity index is 714. The van der Waals surface area contributed by atoms with Gasteiger partial charge in [0.05, 0.1) is 5.69 Å². The average Bonchev–Trinajstić information content (AvgIpc) is 2.89. The fourth-order valence-corrected chi connectivity index (χ4v) is 2.84. The molecule has 1 N–H and O–H groups in total. The summed E-state index contributed by atoms with van der Waals surface area (Å²) in [6, 6.07) is 5.99. The predicted molar refractivity (Wildman–Crippen MR) is 74.1 cm³/mol. The molecule has 0 aliphatic carbocycles. The number of hydrogen-bond donors (Lipinski definition) is 1. The summed E-state index contributed by atoms with van der Waals surface area (Å²) >= 11 is 1.64. The molecule has 18 heavy (non-hydrogen) atoms. The number of fused-ring (bicyclic) bond motifs is 1. The van der Waals surface area contributed by atoms with Gasteiger partial charge in [-0.2, -0.15) is 0 Å². The van der Waals surface area contributed by atoms with Gasteiger partial charge < -0.3 is 9.73 Å². The Morgan fingerprint density at radius 1 is 1.22 bits per heavy atom. The number of benzene rings is 1. The van der Waals surface area contributed by atoms with Crippen LogP contribution in [0.15, 0.2) is 22.6 Å². The lowest BCUT2D eigenvalue weighted by Crippen LogP contribution is -1.85. The van der Waals surface area contributed by atoms with Gasteiger partial charge in [-0.3, -0.25) is 0 Å². The first-order valence-corrected chi connectivity index (χ1v) is 6.52. The number of aryl methyl sites for hydroxylation is 2. The lowest BCUT2D eigenvalue weighted by molar-refractivity contribution is 0.561. The summed E-state index contributed by atoms with van der Waals surface area (Å²) in [4.78, 5) is 8.85. The van der Waals surface area contributed by atoms with E-state index in [9.17, 15) is 0 Å². The lowest BCUT2D eigenvalue weighted by Gasteiger charge is -1.94. The molecule has 0 atom stereocenters. The summed E-state index contributed by atoms with van der Waals surface area (Å²) in [5, 5.41) is 5.24. The molecule has 0 saturated carbocycles. The molecule has 0 amide bonds. The molecule has 92 valence electrons. The van der Waals surface area contributed by atoms with Crippen molar-refractivity contribution in [2.45, 2.75) is 13.8 Å². The van der Waals surface area contributed by atoms with Gasteiger partial charge in [-0.15, -0.1) is 0 Å². The summed E-state index contributed by atoms with van der Waals surface area (Å²) in [5.74, 6) is 0.688. The third-order valence-electron chi connectivity index (χ3n) is 2.77. The van der Waals surface area contributed by atoms with Crippen molar-refractivity contribution in [2.75, 3.05) is 12.4 Å². The van der Waals surface area contributed by atoms with Gasteiger partial charge in [-0.1, -0.05) is 11.3 Å². The molecule has 0 aliphatic rings. The minimum absolute atomic E-state index is 0.688. The van der Waals surface area contributed by atoms with E-state index in [1.165, 1.54) is 0 Å². The molecule has 3 rings (SSSR count). The molecule has 0 radical (unpaired) electrons. The highest BCUT2D eigenvalue weighted by Crippen LogP contribution is 2.32. The standard InChI is InChI=1S/C13H13N3OS/c1-7-12(14-3)18-13(15-7)9-4-5-10-11(6-9)17-8(2)16-10/h4-6,14H,1-3H3. The highest BCUT2D eigenvalue weighted by atomic mass is 32.1. The lowest BCUT2D eigenvalue weighted by atomic mass is 10.2. The number of nitrogens with zero attached hydrogens (tertiary/aromatic N) is 2. The van der Waals surface area contributed by atoms with Crippen molar-refractivity contribution in [3.05, 3.63) is 29.8 Å². The Hall–Kier alpha value is -1.88. The Kier molecular flexibility index (Phi) is 2.56. The van der Waals surface area contributed by atoms with E-state index in [-0.39, 0.29) is 0 Å². The molecule has 0 fully saturated rings. The first-order chi connectivity index (χ1) is 8.67. The number of hydrogen-bond acceptors (Lipinski definition) is 5. The van der Waals surface area contributed by atoms with Crippen LogP contribution in [-0.2, 0) is 0 Å². The van der Waals surface area contributed by atoms with Crippen LogP contribution >= 0.6 is 11.3 Å². The topological polar surface area (TPSA) is 51.0 Å². The normalized spacial score (nSPS) is 11.1. The van der Waals surface area contributed by atoms with Gasteiger partial charge in [0, 0.05) is 19.5 Å². The minimum atomic E-state index is 0.688. The zero-order chi connectivity index (χ0) is 12.7. The third kappa shape index (κ3) is 1.76. The van der Waals surface area contributed by atoms with E-state index >= 15 is 0 Å². The fraction of sp³-hybridized carbons (Fsp3) is 0.231. The second kappa shape index (κ2) is 4.10. The van der Waals surface area contributed by atoms with E-state index in [1.807, 2.05) is 39.1 Å². The maximum Gasteiger partial charge on any atom is 0.192 e. The Balaban J connectivity index is 2.12. The van der Waals surface area contributed by atoms with Crippen molar-refractivity contribution in [1.29, 1.82) is 0 Å². The van der Waals surface area contributed by atoms with Gasteiger partial charge in [0.2, 0.25) is 0 Å². The van der Waals surface area contributed by atoms with Gasteiger partial charge in [-0.05, 0) is 25.1 Å². The molecule has 2 aromatic heterocycles. The molecule has 1 aromatic carbocycles. The summed E-state index contributed by atoms with van der Waals surface area (Å²) < 4.78 is 5.54. The second-order valence-electron chi connectivity index (χ2n) is 4.10. The predicted octanol–water partition coefficient (Wildman–Crippen LogP) is 3.61.